The van der Waals surface area contributed by atoms with Crippen LogP contribution in [0.4, 0.5) is 0 Å². The maximum atomic E-state index is 11.1. The predicted octanol–water partition coefficient (Wildman–Crippen LogP) is 2.53. The van der Waals surface area contributed by atoms with E-state index in [1.807, 2.05) is 18.2 Å². The Morgan fingerprint density at radius 3 is 2.48 bits per heavy atom. The van der Waals surface area contributed by atoms with Gasteiger partial charge in [0.1, 0.15) is 0 Å². The average molecular weight is 295 g/mol. The fourth-order valence-corrected chi connectivity index (χ4v) is 1.66. The molecule has 5 nitrogen and oxygen atoms in total. The molecular weight excluding hydrogens is 270 g/mol. The highest BCUT2D eigenvalue weighted by molar-refractivity contribution is 5.69. The highest BCUT2D eigenvalue weighted by atomic mass is 16.5. The van der Waals surface area contributed by atoms with E-state index in [-0.39, 0.29) is 24.5 Å². The SMILES string of the molecule is COC(=O)CCOc1cc(CNC(C)(C)C)ccc1OC. The fourth-order valence-electron chi connectivity index (χ4n) is 1.66. The van der Waals surface area contributed by atoms with Crippen LogP contribution < -0.4 is 14.8 Å². The van der Waals surface area contributed by atoms with Gasteiger partial charge in [0.15, 0.2) is 11.5 Å². The van der Waals surface area contributed by atoms with Crippen LogP contribution in [0.25, 0.3) is 0 Å². The molecular formula is C16H25NO4. The van der Waals surface area contributed by atoms with Crippen LogP contribution >= 0.6 is 0 Å². The van der Waals surface area contributed by atoms with Crippen molar-refractivity contribution in [3.8, 4) is 11.5 Å². The minimum Gasteiger partial charge on any atom is -0.493 e. The molecule has 1 rings (SSSR count). The fraction of sp³-hybridized carbons (Fsp3) is 0.562. The van der Waals surface area contributed by atoms with Crippen molar-refractivity contribution in [2.24, 2.45) is 0 Å². The largest absolute Gasteiger partial charge is 0.493 e. The highest BCUT2D eigenvalue weighted by Crippen LogP contribution is 2.28. The third-order valence-electron chi connectivity index (χ3n) is 2.84. The predicted molar refractivity (Wildman–Crippen MR) is 81.7 cm³/mol. The van der Waals surface area contributed by atoms with E-state index >= 15 is 0 Å². The van der Waals surface area contributed by atoms with Crippen LogP contribution in [0.1, 0.15) is 32.8 Å². The first-order chi connectivity index (χ1) is 9.85. The van der Waals surface area contributed by atoms with E-state index in [1.54, 1.807) is 7.11 Å². The Balaban J connectivity index is 2.69. The lowest BCUT2D eigenvalue weighted by molar-refractivity contribution is -0.141. The molecule has 0 aromatic heterocycles. The average Bonchev–Trinajstić information content (AvgIpc) is 2.44. The zero-order valence-electron chi connectivity index (χ0n) is 13.5. The standard InChI is InChI=1S/C16H25NO4/c1-16(2,3)17-11-12-6-7-13(19-4)14(10-12)21-9-8-15(18)20-5/h6-7,10,17H,8-9,11H2,1-5H3. The Kier molecular flexibility index (Phi) is 6.49. The van der Waals surface area contributed by atoms with Crippen LogP contribution in [0.3, 0.4) is 0 Å². The van der Waals surface area contributed by atoms with E-state index < -0.39 is 0 Å². The Morgan fingerprint density at radius 1 is 1.19 bits per heavy atom. The normalized spacial score (nSPS) is 11.1. The maximum absolute atomic E-state index is 11.1. The summed E-state index contributed by atoms with van der Waals surface area (Å²) in [4.78, 5) is 11.1. The van der Waals surface area contributed by atoms with Crippen LogP contribution in [-0.4, -0.2) is 32.3 Å². The van der Waals surface area contributed by atoms with Crippen LogP contribution in [0, 0.1) is 0 Å². The molecule has 118 valence electrons. The Bertz CT molecular complexity index is 466. The molecule has 0 aliphatic heterocycles. The van der Waals surface area contributed by atoms with Crippen LogP contribution in [-0.2, 0) is 16.1 Å². The summed E-state index contributed by atoms with van der Waals surface area (Å²) in [5.41, 5.74) is 1.14. The maximum Gasteiger partial charge on any atom is 0.308 e. The molecule has 0 saturated carbocycles. The van der Waals surface area contributed by atoms with Gasteiger partial charge < -0.3 is 19.5 Å². The Hall–Kier alpha value is -1.75. The third kappa shape index (κ3) is 6.49. The van der Waals surface area contributed by atoms with E-state index in [2.05, 4.69) is 30.8 Å². The number of carbonyl (C=O) groups is 1. The summed E-state index contributed by atoms with van der Waals surface area (Å²) in [6.45, 7) is 7.35. The molecule has 0 radical (unpaired) electrons. The molecule has 0 spiro atoms. The van der Waals surface area contributed by atoms with E-state index in [0.717, 1.165) is 12.1 Å². The second-order valence-corrected chi connectivity index (χ2v) is 5.76. The second-order valence-electron chi connectivity index (χ2n) is 5.76. The van der Waals surface area contributed by atoms with Gasteiger partial charge in [0.05, 0.1) is 27.2 Å². The first-order valence-electron chi connectivity index (χ1n) is 6.97. The monoisotopic (exact) mass is 295 g/mol. The first kappa shape index (κ1) is 17.3. The molecule has 0 aliphatic rings. The molecule has 1 aromatic carbocycles. The number of ether oxygens (including phenoxy) is 3. The molecule has 5 heteroatoms. The van der Waals surface area contributed by atoms with Crippen molar-refractivity contribution in [3.05, 3.63) is 23.8 Å². The third-order valence-corrected chi connectivity index (χ3v) is 2.84. The van der Waals surface area contributed by atoms with Gasteiger partial charge in [-0.15, -0.1) is 0 Å². The second kappa shape index (κ2) is 7.88. The minimum atomic E-state index is -0.292. The van der Waals surface area contributed by atoms with Crippen LogP contribution in [0.15, 0.2) is 18.2 Å². The van der Waals surface area contributed by atoms with E-state index in [4.69, 9.17) is 9.47 Å². The Morgan fingerprint density at radius 2 is 1.90 bits per heavy atom. The topological polar surface area (TPSA) is 56.8 Å². The van der Waals surface area contributed by atoms with Crippen LogP contribution in [0.2, 0.25) is 0 Å². The number of methoxy groups -OCH3 is 2. The summed E-state index contributed by atoms with van der Waals surface area (Å²) in [6.07, 6.45) is 0.212. The quantitative estimate of drug-likeness (QED) is 0.783. The molecule has 0 bridgehead atoms. The highest BCUT2D eigenvalue weighted by Gasteiger charge is 2.11. The smallest absolute Gasteiger partial charge is 0.308 e. The van der Waals surface area contributed by atoms with Gasteiger partial charge in [-0.3, -0.25) is 4.79 Å². The van der Waals surface area contributed by atoms with Crippen molar-refractivity contribution in [2.75, 3.05) is 20.8 Å². The molecule has 0 amide bonds. The lowest BCUT2D eigenvalue weighted by Crippen LogP contribution is -2.35. The number of nitrogens with one attached hydrogen (secondary N) is 1. The number of benzene rings is 1. The van der Waals surface area contributed by atoms with Gasteiger partial charge in [0.2, 0.25) is 0 Å². The molecule has 1 aromatic rings. The lowest BCUT2D eigenvalue weighted by Gasteiger charge is -2.21. The summed E-state index contributed by atoms with van der Waals surface area (Å²) in [6, 6.07) is 5.78. The summed E-state index contributed by atoms with van der Waals surface area (Å²) < 4.78 is 15.5. The minimum absolute atomic E-state index is 0.0475. The van der Waals surface area contributed by atoms with Gasteiger partial charge in [0, 0.05) is 12.1 Å². The Labute approximate surface area is 126 Å². The zero-order chi connectivity index (χ0) is 15.9. The number of carbonyl (C=O) groups excluding carboxylic acids is 1. The number of esters is 1. The van der Waals surface area contributed by atoms with Gasteiger partial charge in [-0.05, 0) is 38.5 Å². The molecule has 0 atom stereocenters. The van der Waals surface area contributed by atoms with E-state index in [9.17, 15) is 4.79 Å². The number of rotatable bonds is 7. The first-order valence-corrected chi connectivity index (χ1v) is 6.97. The summed E-state index contributed by atoms with van der Waals surface area (Å²) in [7, 11) is 2.96. The van der Waals surface area contributed by atoms with E-state index in [1.165, 1.54) is 7.11 Å². The molecule has 0 aliphatic carbocycles. The van der Waals surface area contributed by atoms with Gasteiger partial charge in [-0.25, -0.2) is 0 Å². The van der Waals surface area contributed by atoms with Crippen molar-refractivity contribution < 1.29 is 19.0 Å². The van der Waals surface area contributed by atoms with Crippen molar-refractivity contribution in [3.63, 3.8) is 0 Å². The van der Waals surface area contributed by atoms with Gasteiger partial charge in [0.25, 0.3) is 0 Å². The molecule has 21 heavy (non-hydrogen) atoms. The lowest BCUT2D eigenvalue weighted by atomic mass is 10.1. The summed E-state index contributed by atoms with van der Waals surface area (Å²) in [5, 5.41) is 3.42. The van der Waals surface area contributed by atoms with E-state index in [0.29, 0.717) is 11.5 Å². The van der Waals surface area contributed by atoms with Gasteiger partial charge in [-0.1, -0.05) is 6.07 Å². The van der Waals surface area contributed by atoms with Crippen molar-refractivity contribution in [1.29, 1.82) is 0 Å². The molecule has 0 heterocycles. The molecule has 0 saturated heterocycles. The summed E-state index contributed by atoms with van der Waals surface area (Å²) >= 11 is 0. The van der Waals surface area contributed by atoms with Crippen LogP contribution in [0.5, 0.6) is 11.5 Å². The van der Waals surface area contributed by atoms with Crippen molar-refractivity contribution >= 4 is 5.97 Å². The molecule has 1 N–H and O–H groups in total. The number of hydrogen-bond acceptors (Lipinski definition) is 5. The van der Waals surface area contributed by atoms with Gasteiger partial charge in [-0.2, -0.15) is 0 Å². The van der Waals surface area contributed by atoms with Crippen molar-refractivity contribution in [1.82, 2.24) is 5.32 Å². The molecule has 0 unspecified atom stereocenters. The van der Waals surface area contributed by atoms with Gasteiger partial charge >= 0.3 is 5.97 Å². The molecule has 0 fully saturated rings. The summed E-state index contributed by atoms with van der Waals surface area (Å²) in [5.74, 6) is 0.994. The van der Waals surface area contributed by atoms with Crippen molar-refractivity contribution in [2.45, 2.75) is 39.3 Å². The zero-order valence-corrected chi connectivity index (χ0v) is 13.5. The number of hydrogen-bond donors (Lipinski definition) is 1.